The molecule has 0 aliphatic heterocycles. The van der Waals surface area contributed by atoms with Crippen LogP contribution in [0, 0.1) is 0 Å². The quantitative estimate of drug-likeness (QED) is 0.373. The first-order valence-corrected chi connectivity index (χ1v) is 6.35. The summed E-state index contributed by atoms with van der Waals surface area (Å²) < 4.78 is 36.1. The maximum absolute atomic E-state index is 12.0. The Morgan fingerprint density at radius 1 is 1.00 bits per heavy atom. The number of carbonyl (C=O) groups excluding carboxylic acids is 2. The van der Waals surface area contributed by atoms with Crippen molar-refractivity contribution in [2.75, 3.05) is 5.75 Å². The highest BCUT2D eigenvalue weighted by molar-refractivity contribution is 7.80. The van der Waals surface area contributed by atoms with Crippen LogP contribution in [-0.4, -0.2) is 58.0 Å². The van der Waals surface area contributed by atoms with E-state index in [0.29, 0.717) is 0 Å². The van der Waals surface area contributed by atoms with Gasteiger partial charge in [0.1, 0.15) is 12.1 Å². The van der Waals surface area contributed by atoms with Crippen molar-refractivity contribution in [3.05, 3.63) is 0 Å². The smallest absolute Gasteiger partial charge is 0.471 e. The van der Waals surface area contributed by atoms with Crippen LogP contribution in [0.5, 0.6) is 0 Å². The van der Waals surface area contributed by atoms with Crippen LogP contribution in [0.4, 0.5) is 13.2 Å². The minimum Gasteiger partial charge on any atom is -0.480 e. The summed E-state index contributed by atoms with van der Waals surface area (Å²) in [5, 5.41) is 20.6. The molecule has 0 heterocycles. The summed E-state index contributed by atoms with van der Waals surface area (Å²) in [5.41, 5.74) is 0. The molecule has 4 N–H and O–H groups in total. The number of carboxylic acids is 2. The summed E-state index contributed by atoms with van der Waals surface area (Å²) in [4.78, 5) is 43.4. The Bertz CT molecular complexity index is 456. The highest BCUT2D eigenvalue weighted by Crippen LogP contribution is 2.15. The molecule has 0 aliphatic carbocycles. The van der Waals surface area contributed by atoms with E-state index in [4.69, 9.17) is 10.2 Å². The van der Waals surface area contributed by atoms with E-state index in [1.54, 1.807) is 0 Å². The van der Waals surface area contributed by atoms with Crippen molar-refractivity contribution in [1.82, 2.24) is 10.6 Å². The first-order valence-electron chi connectivity index (χ1n) is 5.72. The van der Waals surface area contributed by atoms with E-state index in [9.17, 15) is 32.3 Å². The monoisotopic (exact) mass is 346 g/mol. The Balaban J connectivity index is 4.54. The first kappa shape index (κ1) is 20.0. The van der Waals surface area contributed by atoms with Crippen LogP contribution in [-0.2, 0) is 19.2 Å². The zero-order valence-electron chi connectivity index (χ0n) is 10.9. The van der Waals surface area contributed by atoms with Crippen molar-refractivity contribution >= 4 is 36.4 Å². The molecule has 2 amide bonds. The Hall–Kier alpha value is -1.98. The average Bonchev–Trinajstić information content (AvgIpc) is 2.38. The van der Waals surface area contributed by atoms with Crippen molar-refractivity contribution in [3.8, 4) is 0 Å². The second kappa shape index (κ2) is 8.46. The molecule has 0 fully saturated rings. The molecule has 0 rings (SSSR count). The molecule has 0 spiro atoms. The molecule has 0 bridgehead atoms. The molecule has 22 heavy (non-hydrogen) atoms. The van der Waals surface area contributed by atoms with E-state index in [-0.39, 0.29) is 5.75 Å². The molecule has 0 aliphatic rings. The van der Waals surface area contributed by atoms with Crippen LogP contribution in [0.1, 0.15) is 12.8 Å². The maximum Gasteiger partial charge on any atom is 0.471 e. The van der Waals surface area contributed by atoms with E-state index in [1.807, 2.05) is 5.32 Å². The largest absolute Gasteiger partial charge is 0.480 e. The normalized spacial score (nSPS) is 13.8. The van der Waals surface area contributed by atoms with Gasteiger partial charge in [-0.15, -0.1) is 0 Å². The SMILES string of the molecule is O=C(CC[C@H](NC(=O)C(F)(F)F)C(=O)O)N[C@@H](CS)C(=O)O. The lowest BCUT2D eigenvalue weighted by molar-refractivity contribution is -0.175. The molecule has 8 nitrogen and oxygen atoms in total. The lowest BCUT2D eigenvalue weighted by Crippen LogP contribution is -2.48. The third-order valence-corrected chi connectivity index (χ3v) is 2.70. The number of nitrogens with one attached hydrogen (secondary N) is 2. The van der Waals surface area contributed by atoms with Crippen LogP contribution in [0.25, 0.3) is 0 Å². The minimum atomic E-state index is -5.25. The first-order chi connectivity index (χ1) is 9.98. The topological polar surface area (TPSA) is 133 Å². The number of rotatable bonds is 8. The molecular formula is C10H13F3N2O6S. The molecular weight excluding hydrogens is 333 g/mol. The van der Waals surface area contributed by atoms with Crippen LogP contribution in [0.15, 0.2) is 0 Å². The average molecular weight is 346 g/mol. The molecule has 0 saturated carbocycles. The third-order valence-electron chi connectivity index (χ3n) is 2.34. The predicted octanol–water partition coefficient (Wildman–Crippen LogP) is -0.602. The van der Waals surface area contributed by atoms with Crippen molar-refractivity contribution in [2.45, 2.75) is 31.1 Å². The Morgan fingerprint density at radius 3 is 1.86 bits per heavy atom. The number of hydrogen-bond donors (Lipinski definition) is 5. The molecule has 12 heteroatoms. The molecule has 0 aromatic heterocycles. The number of carboxylic acid groups (broad SMARTS) is 2. The van der Waals surface area contributed by atoms with Gasteiger partial charge in [-0.25, -0.2) is 9.59 Å². The highest BCUT2D eigenvalue weighted by atomic mass is 32.1. The van der Waals surface area contributed by atoms with Crippen LogP contribution < -0.4 is 10.6 Å². The fraction of sp³-hybridized carbons (Fsp3) is 0.600. The lowest BCUT2D eigenvalue weighted by atomic mass is 10.1. The second-order valence-corrected chi connectivity index (χ2v) is 4.41. The number of carbonyl (C=O) groups is 4. The summed E-state index contributed by atoms with van der Waals surface area (Å²) in [5.74, 6) is -6.69. The number of halogens is 3. The minimum absolute atomic E-state index is 0.228. The number of alkyl halides is 3. The molecule has 0 saturated heterocycles. The van der Waals surface area contributed by atoms with Gasteiger partial charge in [0.2, 0.25) is 5.91 Å². The van der Waals surface area contributed by atoms with E-state index < -0.39 is 54.9 Å². The summed E-state index contributed by atoms with van der Waals surface area (Å²) in [6.07, 6.45) is -6.48. The molecule has 0 unspecified atom stereocenters. The fourth-order valence-electron chi connectivity index (χ4n) is 1.22. The molecule has 126 valence electrons. The Morgan fingerprint density at radius 2 is 1.50 bits per heavy atom. The Kier molecular flexibility index (Phi) is 7.70. The maximum atomic E-state index is 12.0. The van der Waals surface area contributed by atoms with Gasteiger partial charge in [-0.3, -0.25) is 9.59 Å². The molecule has 0 radical (unpaired) electrons. The van der Waals surface area contributed by atoms with Gasteiger partial charge in [0.15, 0.2) is 0 Å². The van der Waals surface area contributed by atoms with Crippen molar-refractivity contribution < 1.29 is 42.6 Å². The highest BCUT2D eigenvalue weighted by Gasteiger charge is 2.40. The van der Waals surface area contributed by atoms with Crippen LogP contribution >= 0.6 is 12.6 Å². The second-order valence-electron chi connectivity index (χ2n) is 4.04. The van der Waals surface area contributed by atoms with Gasteiger partial charge in [0.05, 0.1) is 0 Å². The van der Waals surface area contributed by atoms with Gasteiger partial charge < -0.3 is 20.8 Å². The zero-order chi connectivity index (χ0) is 17.5. The van der Waals surface area contributed by atoms with Gasteiger partial charge in [0.25, 0.3) is 0 Å². The Labute approximate surface area is 127 Å². The molecule has 2 atom stereocenters. The summed E-state index contributed by atoms with van der Waals surface area (Å²) in [7, 11) is 0. The molecule has 0 aromatic rings. The van der Waals surface area contributed by atoms with Crippen LogP contribution in [0.3, 0.4) is 0 Å². The fourth-order valence-corrected chi connectivity index (χ4v) is 1.47. The number of thiol groups is 1. The number of hydrogen-bond acceptors (Lipinski definition) is 5. The van der Waals surface area contributed by atoms with Crippen molar-refractivity contribution in [3.63, 3.8) is 0 Å². The van der Waals surface area contributed by atoms with Gasteiger partial charge >= 0.3 is 24.0 Å². The third kappa shape index (κ3) is 7.15. The van der Waals surface area contributed by atoms with Gasteiger partial charge in [-0.1, -0.05) is 0 Å². The summed E-state index contributed by atoms with van der Waals surface area (Å²) in [6.45, 7) is 0. The van der Waals surface area contributed by atoms with E-state index in [1.165, 1.54) is 5.32 Å². The van der Waals surface area contributed by atoms with Gasteiger partial charge in [-0.05, 0) is 6.42 Å². The zero-order valence-corrected chi connectivity index (χ0v) is 11.8. The number of amides is 2. The van der Waals surface area contributed by atoms with Crippen molar-refractivity contribution in [2.24, 2.45) is 0 Å². The van der Waals surface area contributed by atoms with Gasteiger partial charge in [0, 0.05) is 12.2 Å². The van der Waals surface area contributed by atoms with E-state index in [0.717, 1.165) is 0 Å². The number of aliphatic carboxylic acids is 2. The summed E-state index contributed by atoms with van der Waals surface area (Å²) in [6, 6.07) is -3.25. The predicted molar refractivity (Wildman–Crippen MR) is 68.3 cm³/mol. The molecule has 0 aromatic carbocycles. The van der Waals surface area contributed by atoms with Crippen LogP contribution in [0.2, 0.25) is 0 Å². The standard InChI is InChI=1S/C10H13F3N2O6S/c11-10(12,13)9(21)15-4(7(17)18)1-2-6(16)14-5(3-22)8(19)20/h4-5,22H,1-3H2,(H,14,16)(H,15,21)(H,17,18)(H,19,20)/t4-,5-/m0/s1. The van der Waals surface area contributed by atoms with E-state index in [2.05, 4.69) is 12.6 Å². The summed E-state index contributed by atoms with van der Waals surface area (Å²) >= 11 is 3.68. The van der Waals surface area contributed by atoms with E-state index >= 15 is 0 Å². The van der Waals surface area contributed by atoms with Crippen molar-refractivity contribution in [1.29, 1.82) is 0 Å². The lowest BCUT2D eigenvalue weighted by Gasteiger charge is -2.16. The van der Waals surface area contributed by atoms with Gasteiger partial charge in [-0.2, -0.15) is 25.8 Å².